The van der Waals surface area contributed by atoms with E-state index in [9.17, 15) is 13.6 Å². The van der Waals surface area contributed by atoms with Gasteiger partial charge in [0.1, 0.15) is 6.10 Å². The number of amides is 1. The molecule has 1 amide bonds. The largest absolute Gasteiger partial charge is 0.347 e. The highest BCUT2D eigenvalue weighted by Crippen LogP contribution is 2.33. The van der Waals surface area contributed by atoms with Gasteiger partial charge in [-0.1, -0.05) is 60.5 Å². The van der Waals surface area contributed by atoms with Crippen molar-refractivity contribution < 1.29 is 23.0 Å². The van der Waals surface area contributed by atoms with Gasteiger partial charge in [-0.15, -0.1) is 0 Å². The van der Waals surface area contributed by atoms with Crippen LogP contribution in [0.15, 0.2) is 63.4 Å². The van der Waals surface area contributed by atoms with Gasteiger partial charge in [0, 0.05) is 5.57 Å². The fourth-order valence-electron chi connectivity index (χ4n) is 4.21. The van der Waals surface area contributed by atoms with Gasteiger partial charge in [0.25, 0.3) is 5.91 Å². The molecule has 34 heavy (non-hydrogen) atoms. The van der Waals surface area contributed by atoms with Crippen molar-refractivity contribution in [1.29, 1.82) is 0 Å². The number of allylic oxidation sites excluding steroid dienone is 3. The van der Waals surface area contributed by atoms with Crippen LogP contribution in [-0.2, 0) is 25.3 Å². The Morgan fingerprint density at radius 2 is 2.09 bits per heavy atom. The summed E-state index contributed by atoms with van der Waals surface area (Å²) in [5.74, 6) is -0.539. The van der Waals surface area contributed by atoms with Gasteiger partial charge in [0.15, 0.2) is 16.9 Å². The summed E-state index contributed by atoms with van der Waals surface area (Å²) in [4.78, 5) is 13.5. The first kappa shape index (κ1) is 25.4. The van der Waals surface area contributed by atoms with Gasteiger partial charge in [-0.3, -0.25) is 4.79 Å². The Morgan fingerprint density at radius 1 is 1.32 bits per heavy atom. The monoisotopic (exact) mass is 521 g/mol. The lowest BCUT2D eigenvalue weighted by molar-refractivity contribution is -0.134. The lowest BCUT2D eigenvalue weighted by Gasteiger charge is -2.17. The van der Waals surface area contributed by atoms with E-state index in [-0.39, 0.29) is 21.9 Å². The summed E-state index contributed by atoms with van der Waals surface area (Å²) in [6.07, 6.45) is 11.9. The summed E-state index contributed by atoms with van der Waals surface area (Å²) in [5.41, 5.74) is 2.11. The van der Waals surface area contributed by atoms with Crippen LogP contribution in [0.4, 0.5) is 0 Å². The fourth-order valence-corrected chi connectivity index (χ4v) is 5.81. The number of halogens is 1. The first-order valence-corrected chi connectivity index (χ1v) is 13.6. The Kier molecular flexibility index (Phi) is 8.17. The van der Waals surface area contributed by atoms with E-state index in [0.717, 1.165) is 31.3 Å². The Morgan fingerprint density at radius 3 is 2.74 bits per heavy atom. The molecule has 1 saturated heterocycles. The second kappa shape index (κ2) is 10.9. The number of ether oxygens (including phenoxy) is 2. The molecular formula is C25H28ClNO5S2. The number of hydrogen-bond acceptors (Lipinski definition) is 5. The van der Waals surface area contributed by atoms with Crippen LogP contribution >= 0.6 is 23.4 Å². The minimum Gasteiger partial charge on any atom is -0.347 e. The predicted molar refractivity (Wildman–Crippen MR) is 136 cm³/mol. The number of carbonyl (C=O) groups is 1. The Hall–Kier alpha value is -1.68. The topological polar surface area (TPSA) is 84.9 Å². The van der Waals surface area contributed by atoms with Gasteiger partial charge in [0.05, 0.1) is 21.6 Å². The van der Waals surface area contributed by atoms with Crippen LogP contribution in [0, 0.1) is 5.92 Å². The van der Waals surface area contributed by atoms with Crippen LogP contribution in [0.25, 0.3) is 5.57 Å². The van der Waals surface area contributed by atoms with Crippen molar-refractivity contribution in [2.75, 3.05) is 6.61 Å². The summed E-state index contributed by atoms with van der Waals surface area (Å²) in [7, 11) is 0. The average molecular weight is 522 g/mol. The van der Waals surface area contributed by atoms with E-state index in [1.54, 1.807) is 12.1 Å². The zero-order chi connectivity index (χ0) is 24.3. The van der Waals surface area contributed by atoms with Crippen molar-refractivity contribution in [3.8, 4) is 0 Å². The number of benzene rings is 1. The second-order valence-electron chi connectivity index (χ2n) is 8.92. The molecule has 0 bridgehead atoms. The SMILES string of the molecule is CC1(C)OCC(C2=CSC(NC(=O)/C(=C/C3CCCC3)c3ccc(S(=O)O)c(Cl)c3)=CC=C2)O1. The summed E-state index contributed by atoms with van der Waals surface area (Å²) < 4.78 is 32.5. The molecule has 1 aromatic carbocycles. The Bertz CT molecular complexity index is 1100. The molecule has 0 aromatic heterocycles. The molecule has 182 valence electrons. The summed E-state index contributed by atoms with van der Waals surface area (Å²) >= 11 is 5.46. The third-order valence-corrected chi connectivity index (χ3v) is 7.99. The van der Waals surface area contributed by atoms with Crippen LogP contribution in [0.1, 0.15) is 45.1 Å². The maximum absolute atomic E-state index is 13.4. The van der Waals surface area contributed by atoms with Crippen LogP contribution in [0.2, 0.25) is 5.02 Å². The van der Waals surface area contributed by atoms with Gasteiger partial charge < -0.3 is 19.3 Å². The number of thioether (sulfide) groups is 1. The third-order valence-electron chi connectivity index (χ3n) is 5.95. The van der Waals surface area contributed by atoms with Crippen molar-refractivity contribution in [1.82, 2.24) is 5.32 Å². The normalized spacial score (nSPS) is 23.9. The zero-order valence-electron chi connectivity index (χ0n) is 19.1. The molecule has 9 heteroatoms. The van der Waals surface area contributed by atoms with Gasteiger partial charge in [0.2, 0.25) is 0 Å². The van der Waals surface area contributed by atoms with E-state index in [1.165, 1.54) is 17.8 Å². The third kappa shape index (κ3) is 6.30. The number of rotatable bonds is 6. The van der Waals surface area contributed by atoms with Crippen molar-refractivity contribution in [3.63, 3.8) is 0 Å². The molecule has 2 atom stereocenters. The highest BCUT2D eigenvalue weighted by Gasteiger charge is 2.34. The van der Waals surface area contributed by atoms with E-state index in [1.807, 2.05) is 43.6 Å². The van der Waals surface area contributed by atoms with Crippen molar-refractivity contribution in [2.24, 2.45) is 5.92 Å². The van der Waals surface area contributed by atoms with Crippen LogP contribution in [-0.4, -0.2) is 33.2 Å². The predicted octanol–water partition coefficient (Wildman–Crippen LogP) is 5.79. The minimum absolute atomic E-state index is 0.122. The maximum Gasteiger partial charge on any atom is 0.256 e. The Balaban J connectivity index is 1.52. The standard InChI is InChI=1S/C25H28ClNO5S2/c1-25(2)31-14-21(32-25)18-8-5-9-23(33-15-18)27-24(28)19(12-16-6-3-4-7-16)17-10-11-22(34(29)30)20(26)13-17/h5,8-13,15-16,21H,3-4,6-7,14H2,1-2H3,(H,27,28)(H,29,30)/b19-12+. The first-order chi connectivity index (χ1) is 16.2. The first-order valence-electron chi connectivity index (χ1n) is 11.2. The maximum atomic E-state index is 13.4. The van der Waals surface area contributed by atoms with E-state index in [2.05, 4.69) is 5.32 Å². The van der Waals surface area contributed by atoms with Crippen LogP contribution in [0.5, 0.6) is 0 Å². The minimum atomic E-state index is -2.19. The quantitative estimate of drug-likeness (QED) is 0.364. The molecule has 2 aliphatic heterocycles. The molecule has 6 nitrogen and oxygen atoms in total. The Labute approximate surface area is 211 Å². The van der Waals surface area contributed by atoms with E-state index in [4.69, 9.17) is 21.1 Å². The highest BCUT2D eigenvalue weighted by atomic mass is 35.5. The molecule has 2 heterocycles. The molecule has 3 aliphatic rings. The van der Waals surface area contributed by atoms with E-state index in [0.29, 0.717) is 28.7 Å². The highest BCUT2D eigenvalue weighted by molar-refractivity contribution is 8.05. The molecule has 1 aromatic rings. The second-order valence-corrected chi connectivity index (χ2v) is 11.2. The summed E-state index contributed by atoms with van der Waals surface area (Å²) in [5, 5.41) is 5.82. The number of hydrogen-bond donors (Lipinski definition) is 2. The zero-order valence-corrected chi connectivity index (χ0v) is 21.5. The van der Waals surface area contributed by atoms with Crippen molar-refractivity contribution in [3.05, 3.63) is 69.1 Å². The molecule has 2 unspecified atom stereocenters. The van der Waals surface area contributed by atoms with Crippen LogP contribution in [0.3, 0.4) is 0 Å². The molecule has 1 saturated carbocycles. The number of nitrogens with one attached hydrogen (secondary N) is 1. The van der Waals surface area contributed by atoms with Gasteiger partial charge >= 0.3 is 0 Å². The van der Waals surface area contributed by atoms with Crippen molar-refractivity contribution in [2.45, 2.75) is 56.3 Å². The van der Waals surface area contributed by atoms with Gasteiger partial charge in [-0.05, 0) is 67.4 Å². The summed E-state index contributed by atoms with van der Waals surface area (Å²) in [6, 6.07) is 4.74. The molecule has 0 spiro atoms. The molecule has 0 radical (unpaired) electrons. The van der Waals surface area contributed by atoms with Gasteiger partial charge in [-0.25, -0.2) is 4.21 Å². The average Bonchev–Trinajstić information content (AvgIpc) is 3.36. The lowest BCUT2D eigenvalue weighted by atomic mass is 9.98. The van der Waals surface area contributed by atoms with Gasteiger partial charge in [-0.2, -0.15) is 0 Å². The molecular weight excluding hydrogens is 494 g/mol. The van der Waals surface area contributed by atoms with Crippen molar-refractivity contribution >= 4 is 45.9 Å². The molecule has 2 N–H and O–H groups in total. The smallest absolute Gasteiger partial charge is 0.256 e. The fraction of sp³-hybridized carbons (Fsp3) is 0.400. The lowest BCUT2D eigenvalue weighted by Crippen LogP contribution is -2.23. The van der Waals surface area contributed by atoms with Crippen LogP contribution < -0.4 is 5.32 Å². The molecule has 4 rings (SSSR count). The van der Waals surface area contributed by atoms with E-state index < -0.39 is 16.9 Å². The molecule has 1 aliphatic carbocycles. The number of carbonyl (C=O) groups excluding carboxylic acids is 1. The van der Waals surface area contributed by atoms with E-state index >= 15 is 0 Å². The molecule has 2 fully saturated rings. The summed E-state index contributed by atoms with van der Waals surface area (Å²) in [6.45, 7) is 4.26.